The highest BCUT2D eigenvalue weighted by Gasteiger charge is 2.24. The summed E-state index contributed by atoms with van der Waals surface area (Å²) >= 11 is 6.18. The monoisotopic (exact) mass is 453 g/mol. The lowest BCUT2D eigenvalue weighted by Crippen LogP contribution is -2.37. The highest BCUT2D eigenvalue weighted by molar-refractivity contribution is 6.30. The molecule has 0 amide bonds. The van der Waals surface area contributed by atoms with Gasteiger partial charge in [-0.1, -0.05) is 66.2 Å². The quantitative estimate of drug-likeness (QED) is 0.523. The number of halogens is 1. The maximum Gasteiger partial charge on any atom is 0.339 e. The Bertz CT molecular complexity index is 1010. The average molecular weight is 454 g/mol. The van der Waals surface area contributed by atoms with Gasteiger partial charge in [-0.3, -0.25) is 0 Å². The fourth-order valence-electron chi connectivity index (χ4n) is 3.72. The third-order valence-corrected chi connectivity index (χ3v) is 5.53. The van der Waals surface area contributed by atoms with Crippen molar-refractivity contribution in [2.75, 3.05) is 20.1 Å². The van der Waals surface area contributed by atoms with E-state index in [2.05, 4.69) is 42.3 Å². The molecular formula is C26H28ClNO4. The number of phenols is 1. The molecule has 1 fully saturated rings. The first-order valence-electron chi connectivity index (χ1n) is 10.6. The molecule has 32 heavy (non-hydrogen) atoms. The summed E-state index contributed by atoms with van der Waals surface area (Å²) in [7, 11) is 2.16. The third-order valence-electron chi connectivity index (χ3n) is 5.30. The molecule has 6 heteroatoms. The summed E-state index contributed by atoms with van der Waals surface area (Å²) in [4.78, 5) is 12.6. The molecule has 4 rings (SSSR count). The number of benzene rings is 3. The zero-order chi connectivity index (χ0) is 22.9. The van der Waals surface area contributed by atoms with Crippen molar-refractivity contribution >= 4 is 17.6 Å². The molecule has 1 aliphatic heterocycles. The lowest BCUT2D eigenvalue weighted by molar-refractivity contribution is -0.0281. The molecule has 2 unspecified atom stereocenters. The molecule has 0 aromatic heterocycles. The summed E-state index contributed by atoms with van der Waals surface area (Å²) in [5, 5.41) is 18.1. The van der Waals surface area contributed by atoms with Gasteiger partial charge in [0.15, 0.2) is 0 Å². The number of para-hydroxylation sites is 1. The SMILES string of the molecule is CN1CCCC(OC(c2ccccc2)c2cccc(Cl)c2)C1.O=C(O)c1ccccc1O. The van der Waals surface area contributed by atoms with Gasteiger partial charge in [0.1, 0.15) is 17.4 Å². The Morgan fingerprint density at radius 1 is 1.03 bits per heavy atom. The number of hydrogen-bond acceptors (Lipinski definition) is 4. The number of aromatic hydroxyl groups is 1. The van der Waals surface area contributed by atoms with Gasteiger partial charge in [0.05, 0.1) is 6.10 Å². The number of rotatable bonds is 5. The smallest absolute Gasteiger partial charge is 0.339 e. The molecule has 168 valence electrons. The number of piperidine rings is 1. The van der Waals surface area contributed by atoms with Crippen LogP contribution in [-0.2, 0) is 4.74 Å². The van der Waals surface area contributed by atoms with Crippen LogP contribution in [0, 0.1) is 0 Å². The first-order valence-corrected chi connectivity index (χ1v) is 11.0. The minimum absolute atomic E-state index is 0.0589. The van der Waals surface area contributed by atoms with E-state index in [1.165, 1.54) is 24.1 Å². The predicted molar refractivity (Wildman–Crippen MR) is 126 cm³/mol. The van der Waals surface area contributed by atoms with Crippen molar-refractivity contribution in [2.45, 2.75) is 25.0 Å². The molecule has 5 nitrogen and oxygen atoms in total. The molecule has 0 bridgehead atoms. The average Bonchev–Trinajstić information content (AvgIpc) is 2.79. The molecule has 0 saturated carbocycles. The fraction of sp³-hybridized carbons (Fsp3) is 0.269. The number of hydrogen-bond donors (Lipinski definition) is 2. The molecule has 1 heterocycles. The van der Waals surface area contributed by atoms with Crippen molar-refractivity contribution in [3.05, 3.63) is 101 Å². The Kier molecular flexibility index (Phi) is 8.68. The number of likely N-dealkylation sites (N-methyl/N-ethyl adjacent to an activating group) is 1. The van der Waals surface area contributed by atoms with Crippen LogP contribution in [0.2, 0.25) is 5.02 Å². The van der Waals surface area contributed by atoms with Gasteiger partial charge in [-0.25, -0.2) is 4.79 Å². The van der Waals surface area contributed by atoms with Gasteiger partial charge in [0.2, 0.25) is 0 Å². The van der Waals surface area contributed by atoms with Crippen LogP contribution >= 0.6 is 11.6 Å². The number of carboxylic acids is 1. The number of nitrogens with zero attached hydrogens (tertiary/aromatic N) is 1. The van der Waals surface area contributed by atoms with Crippen molar-refractivity contribution in [1.82, 2.24) is 4.90 Å². The van der Waals surface area contributed by atoms with Gasteiger partial charge in [0, 0.05) is 11.6 Å². The van der Waals surface area contributed by atoms with Crippen LogP contribution in [0.5, 0.6) is 5.75 Å². The summed E-state index contributed by atoms with van der Waals surface area (Å²) in [5.41, 5.74) is 2.23. The van der Waals surface area contributed by atoms with E-state index >= 15 is 0 Å². The summed E-state index contributed by atoms with van der Waals surface area (Å²) < 4.78 is 6.49. The topological polar surface area (TPSA) is 70.0 Å². The number of ether oxygens (including phenoxy) is 1. The Balaban J connectivity index is 0.000000243. The predicted octanol–water partition coefficient (Wildman–Crippen LogP) is 5.63. The highest BCUT2D eigenvalue weighted by atomic mass is 35.5. The Morgan fingerprint density at radius 3 is 2.34 bits per heavy atom. The Labute approximate surface area is 193 Å². The van der Waals surface area contributed by atoms with Crippen LogP contribution in [0.15, 0.2) is 78.9 Å². The minimum Gasteiger partial charge on any atom is -0.507 e. The summed E-state index contributed by atoms with van der Waals surface area (Å²) in [5.74, 6) is -1.31. The van der Waals surface area contributed by atoms with E-state index in [4.69, 9.17) is 26.6 Å². The van der Waals surface area contributed by atoms with Crippen LogP contribution in [0.3, 0.4) is 0 Å². The van der Waals surface area contributed by atoms with E-state index in [0.29, 0.717) is 0 Å². The van der Waals surface area contributed by atoms with E-state index in [1.54, 1.807) is 12.1 Å². The first-order chi connectivity index (χ1) is 15.4. The molecule has 3 aromatic rings. The standard InChI is InChI=1S/C19H22ClNO.C7H6O3/c1-21-12-6-11-18(14-21)22-19(15-7-3-2-4-8-15)16-9-5-10-17(20)13-16;8-6-4-2-1-3-5(6)7(9)10/h2-5,7-10,13,18-19H,6,11-12,14H2,1H3;1-4,8H,(H,9,10). The van der Waals surface area contributed by atoms with Gasteiger partial charge in [-0.2, -0.15) is 0 Å². The minimum atomic E-state index is -1.11. The van der Waals surface area contributed by atoms with Crippen molar-refractivity contribution < 1.29 is 19.7 Å². The zero-order valence-corrected chi connectivity index (χ0v) is 18.8. The van der Waals surface area contributed by atoms with E-state index < -0.39 is 5.97 Å². The molecular weight excluding hydrogens is 426 g/mol. The maximum absolute atomic E-state index is 10.3. The highest BCUT2D eigenvalue weighted by Crippen LogP contribution is 2.30. The molecule has 0 spiro atoms. The second-order valence-corrected chi connectivity index (χ2v) is 8.27. The van der Waals surface area contributed by atoms with Crippen molar-refractivity contribution in [1.29, 1.82) is 0 Å². The largest absolute Gasteiger partial charge is 0.507 e. The maximum atomic E-state index is 10.3. The van der Waals surface area contributed by atoms with Crippen molar-refractivity contribution in [2.24, 2.45) is 0 Å². The molecule has 0 radical (unpaired) electrons. The van der Waals surface area contributed by atoms with E-state index in [0.717, 1.165) is 30.1 Å². The molecule has 2 N–H and O–H groups in total. The normalized spacial score (nSPS) is 17.1. The number of carbonyl (C=O) groups is 1. The van der Waals surface area contributed by atoms with Gasteiger partial charge >= 0.3 is 5.97 Å². The summed E-state index contributed by atoms with van der Waals surface area (Å²) in [6.45, 7) is 2.15. The van der Waals surface area contributed by atoms with E-state index in [1.807, 2.05) is 24.3 Å². The van der Waals surface area contributed by atoms with Crippen LogP contribution in [0.25, 0.3) is 0 Å². The second kappa shape index (κ2) is 11.7. The molecule has 1 aliphatic rings. The lowest BCUT2D eigenvalue weighted by Gasteiger charge is -2.33. The zero-order valence-electron chi connectivity index (χ0n) is 18.0. The van der Waals surface area contributed by atoms with Crippen LogP contribution < -0.4 is 0 Å². The number of carboxylic acid groups (broad SMARTS) is 1. The van der Waals surface area contributed by atoms with E-state index in [9.17, 15) is 4.79 Å². The third kappa shape index (κ3) is 6.82. The van der Waals surface area contributed by atoms with Gasteiger partial charge in [-0.15, -0.1) is 0 Å². The Morgan fingerprint density at radius 2 is 1.72 bits per heavy atom. The van der Waals surface area contributed by atoms with Crippen molar-refractivity contribution in [3.63, 3.8) is 0 Å². The lowest BCUT2D eigenvalue weighted by atomic mass is 10.0. The van der Waals surface area contributed by atoms with Crippen LogP contribution in [0.4, 0.5) is 0 Å². The Hall–Kier alpha value is -2.86. The number of likely N-dealkylation sites (tertiary alicyclic amines) is 1. The number of aromatic carboxylic acids is 1. The van der Waals surface area contributed by atoms with Crippen molar-refractivity contribution in [3.8, 4) is 5.75 Å². The second-order valence-electron chi connectivity index (χ2n) is 7.83. The van der Waals surface area contributed by atoms with Gasteiger partial charge in [-0.05, 0) is 61.8 Å². The van der Waals surface area contributed by atoms with E-state index in [-0.39, 0.29) is 23.5 Å². The fourth-order valence-corrected chi connectivity index (χ4v) is 3.92. The molecule has 1 saturated heterocycles. The van der Waals surface area contributed by atoms with Gasteiger partial charge in [0.25, 0.3) is 0 Å². The molecule has 2 atom stereocenters. The van der Waals surface area contributed by atoms with Gasteiger partial charge < -0.3 is 19.8 Å². The summed E-state index contributed by atoms with van der Waals surface area (Å²) in [6, 6.07) is 24.2. The first kappa shape index (κ1) is 23.8. The van der Waals surface area contributed by atoms with Crippen LogP contribution in [0.1, 0.15) is 40.4 Å². The van der Waals surface area contributed by atoms with Crippen LogP contribution in [-0.4, -0.2) is 47.3 Å². The summed E-state index contributed by atoms with van der Waals surface area (Å²) in [6.07, 6.45) is 2.52. The molecule has 3 aromatic carbocycles. The molecule has 0 aliphatic carbocycles.